The first-order chi connectivity index (χ1) is 8.25. The van der Waals surface area contributed by atoms with Gasteiger partial charge in [0.2, 0.25) is 0 Å². The molecule has 1 aromatic carbocycles. The van der Waals surface area contributed by atoms with Crippen LogP contribution in [0.25, 0.3) is 0 Å². The lowest BCUT2D eigenvalue weighted by atomic mass is 10.1. The molecule has 2 nitrogen and oxygen atoms in total. The van der Waals surface area contributed by atoms with Gasteiger partial charge in [0.1, 0.15) is 5.82 Å². The van der Waals surface area contributed by atoms with Crippen molar-refractivity contribution in [1.29, 1.82) is 0 Å². The van der Waals surface area contributed by atoms with Crippen molar-refractivity contribution in [2.45, 2.75) is 25.3 Å². The zero-order valence-electron chi connectivity index (χ0n) is 9.72. The molecule has 4 heteroatoms. The van der Waals surface area contributed by atoms with Crippen molar-refractivity contribution in [2.75, 3.05) is 19.8 Å². The maximum absolute atomic E-state index is 13.1. The Bertz CT molecular complexity index is 366. The summed E-state index contributed by atoms with van der Waals surface area (Å²) in [5.41, 5.74) is 1.02. The summed E-state index contributed by atoms with van der Waals surface area (Å²) in [6.07, 6.45) is 2.99. The summed E-state index contributed by atoms with van der Waals surface area (Å²) in [6, 6.07) is 5.38. The number of hydrogen-bond donors (Lipinski definition) is 1. The van der Waals surface area contributed by atoms with Crippen LogP contribution in [-0.2, 0) is 11.2 Å². The minimum Gasteiger partial charge on any atom is -0.381 e. The largest absolute Gasteiger partial charge is 0.381 e. The van der Waals surface area contributed by atoms with Crippen LogP contribution in [0.2, 0.25) is 0 Å². The standard InChI is InChI=1S/C13H17BrFNO/c14-13-2-1-11(15)9-10(13)3-6-16-12-4-7-17-8-5-12/h1-2,9,12,16H,3-8H2. The molecule has 1 saturated heterocycles. The predicted molar refractivity (Wildman–Crippen MR) is 69.6 cm³/mol. The Balaban J connectivity index is 1.79. The third kappa shape index (κ3) is 4.05. The third-order valence-corrected chi connectivity index (χ3v) is 3.83. The van der Waals surface area contributed by atoms with E-state index in [1.54, 1.807) is 12.1 Å². The Morgan fingerprint density at radius 3 is 2.88 bits per heavy atom. The predicted octanol–water partition coefficient (Wildman–Crippen LogP) is 2.90. The second kappa shape index (κ2) is 6.47. The Morgan fingerprint density at radius 2 is 2.12 bits per heavy atom. The zero-order valence-corrected chi connectivity index (χ0v) is 11.3. The molecule has 1 heterocycles. The number of halogens is 2. The minimum absolute atomic E-state index is 0.172. The molecule has 0 aromatic heterocycles. The third-order valence-electron chi connectivity index (χ3n) is 3.06. The molecule has 1 aromatic rings. The molecular formula is C13H17BrFNO. The molecular weight excluding hydrogens is 285 g/mol. The Kier molecular flexibility index (Phi) is 4.95. The molecule has 1 N–H and O–H groups in total. The fourth-order valence-corrected chi connectivity index (χ4v) is 2.49. The smallest absolute Gasteiger partial charge is 0.123 e. The van der Waals surface area contributed by atoms with Crippen molar-refractivity contribution in [3.05, 3.63) is 34.1 Å². The van der Waals surface area contributed by atoms with Gasteiger partial charge in [-0.25, -0.2) is 4.39 Å². The first kappa shape index (κ1) is 13.0. The molecule has 0 unspecified atom stereocenters. The lowest BCUT2D eigenvalue weighted by molar-refractivity contribution is 0.0782. The topological polar surface area (TPSA) is 21.3 Å². The highest BCUT2D eigenvalue weighted by Gasteiger charge is 2.12. The molecule has 0 atom stereocenters. The van der Waals surface area contributed by atoms with E-state index in [1.165, 1.54) is 6.07 Å². The van der Waals surface area contributed by atoms with Gasteiger partial charge < -0.3 is 10.1 Å². The second-order valence-electron chi connectivity index (χ2n) is 4.33. The van der Waals surface area contributed by atoms with E-state index in [0.29, 0.717) is 6.04 Å². The van der Waals surface area contributed by atoms with Gasteiger partial charge in [-0.2, -0.15) is 0 Å². The number of rotatable bonds is 4. The normalized spacial score (nSPS) is 17.3. The number of hydrogen-bond acceptors (Lipinski definition) is 2. The van der Waals surface area contributed by atoms with Gasteiger partial charge in [-0.05, 0) is 49.6 Å². The lowest BCUT2D eigenvalue weighted by Gasteiger charge is -2.23. The van der Waals surface area contributed by atoms with E-state index in [1.807, 2.05) is 0 Å². The summed E-state index contributed by atoms with van der Waals surface area (Å²) < 4.78 is 19.4. The maximum Gasteiger partial charge on any atom is 0.123 e. The van der Waals surface area contributed by atoms with Gasteiger partial charge in [-0.15, -0.1) is 0 Å². The number of benzene rings is 1. The summed E-state index contributed by atoms with van der Waals surface area (Å²) in [5.74, 6) is -0.172. The average Bonchev–Trinajstić information content (AvgIpc) is 2.35. The first-order valence-electron chi connectivity index (χ1n) is 6.01. The number of nitrogens with one attached hydrogen (secondary N) is 1. The van der Waals surface area contributed by atoms with Crippen molar-refractivity contribution in [1.82, 2.24) is 5.32 Å². The molecule has 1 fully saturated rings. The molecule has 94 valence electrons. The molecule has 17 heavy (non-hydrogen) atoms. The molecule has 1 aliphatic rings. The van der Waals surface area contributed by atoms with Gasteiger partial charge >= 0.3 is 0 Å². The molecule has 0 bridgehead atoms. The van der Waals surface area contributed by atoms with Gasteiger partial charge in [-0.1, -0.05) is 15.9 Å². The van der Waals surface area contributed by atoms with Crippen LogP contribution in [0.15, 0.2) is 22.7 Å². The molecule has 1 aliphatic heterocycles. The maximum atomic E-state index is 13.1. The highest BCUT2D eigenvalue weighted by molar-refractivity contribution is 9.10. The van der Waals surface area contributed by atoms with E-state index in [4.69, 9.17) is 4.74 Å². The lowest BCUT2D eigenvalue weighted by Crippen LogP contribution is -2.35. The molecule has 0 saturated carbocycles. The van der Waals surface area contributed by atoms with Crippen molar-refractivity contribution < 1.29 is 9.13 Å². The number of ether oxygens (including phenoxy) is 1. The van der Waals surface area contributed by atoms with E-state index in [-0.39, 0.29) is 5.82 Å². The highest BCUT2D eigenvalue weighted by atomic mass is 79.9. The van der Waals surface area contributed by atoms with Gasteiger partial charge in [-0.3, -0.25) is 0 Å². The minimum atomic E-state index is -0.172. The summed E-state index contributed by atoms with van der Waals surface area (Å²) in [4.78, 5) is 0. The van der Waals surface area contributed by atoms with Crippen molar-refractivity contribution >= 4 is 15.9 Å². The molecule has 0 aliphatic carbocycles. The van der Waals surface area contributed by atoms with Gasteiger partial charge in [0, 0.05) is 23.7 Å². The summed E-state index contributed by atoms with van der Waals surface area (Å²) in [6.45, 7) is 2.58. The summed E-state index contributed by atoms with van der Waals surface area (Å²) in [7, 11) is 0. The van der Waals surface area contributed by atoms with Crippen molar-refractivity contribution in [3.8, 4) is 0 Å². The van der Waals surface area contributed by atoms with Crippen LogP contribution >= 0.6 is 15.9 Å². The van der Waals surface area contributed by atoms with Gasteiger partial charge in [0.05, 0.1) is 0 Å². The molecule has 0 radical (unpaired) electrons. The Morgan fingerprint density at radius 1 is 1.35 bits per heavy atom. The van der Waals surface area contributed by atoms with E-state index in [2.05, 4.69) is 21.2 Å². The van der Waals surface area contributed by atoms with Crippen LogP contribution in [0.3, 0.4) is 0 Å². The average molecular weight is 302 g/mol. The fourth-order valence-electron chi connectivity index (χ4n) is 2.05. The molecule has 0 spiro atoms. The van der Waals surface area contributed by atoms with E-state index >= 15 is 0 Å². The van der Waals surface area contributed by atoms with Gasteiger partial charge in [0.15, 0.2) is 0 Å². The Hall–Kier alpha value is -0.450. The quantitative estimate of drug-likeness (QED) is 0.923. The summed E-state index contributed by atoms with van der Waals surface area (Å²) in [5, 5.41) is 3.49. The monoisotopic (exact) mass is 301 g/mol. The van der Waals surface area contributed by atoms with E-state index in [9.17, 15) is 4.39 Å². The van der Waals surface area contributed by atoms with Crippen LogP contribution in [0, 0.1) is 5.82 Å². The highest BCUT2D eigenvalue weighted by Crippen LogP contribution is 2.18. The molecule has 0 amide bonds. The van der Waals surface area contributed by atoms with Crippen molar-refractivity contribution in [3.63, 3.8) is 0 Å². The van der Waals surface area contributed by atoms with Gasteiger partial charge in [0.25, 0.3) is 0 Å². The van der Waals surface area contributed by atoms with E-state index in [0.717, 1.165) is 49.1 Å². The Labute approximate surface area is 110 Å². The zero-order chi connectivity index (χ0) is 12.1. The van der Waals surface area contributed by atoms with E-state index < -0.39 is 0 Å². The SMILES string of the molecule is Fc1ccc(Br)c(CCNC2CCOCC2)c1. The van der Waals surface area contributed by atoms with Crippen LogP contribution in [0.5, 0.6) is 0 Å². The van der Waals surface area contributed by atoms with Crippen LogP contribution in [0.4, 0.5) is 4.39 Å². The van der Waals surface area contributed by atoms with Crippen molar-refractivity contribution in [2.24, 2.45) is 0 Å². The first-order valence-corrected chi connectivity index (χ1v) is 6.80. The van der Waals surface area contributed by atoms with Crippen LogP contribution < -0.4 is 5.32 Å². The summed E-state index contributed by atoms with van der Waals surface area (Å²) >= 11 is 3.44. The van der Waals surface area contributed by atoms with Crippen LogP contribution in [0.1, 0.15) is 18.4 Å². The molecule has 2 rings (SSSR count). The fraction of sp³-hybridized carbons (Fsp3) is 0.538. The van der Waals surface area contributed by atoms with Crippen LogP contribution in [-0.4, -0.2) is 25.8 Å². The second-order valence-corrected chi connectivity index (χ2v) is 5.18.